The van der Waals surface area contributed by atoms with E-state index in [1.54, 1.807) is 7.11 Å². The molecule has 5 nitrogen and oxygen atoms in total. The molecule has 1 atom stereocenters. The minimum atomic E-state index is -0.0996. The summed E-state index contributed by atoms with van der Waals surface area (Å²) in [6.07, 6.45) is 2.20. The Morgan fingerprint density at radius 3 is 3.18 bits per heavy atom. The van der Waals surface area contributed by atoms with Crippen LogP contribution in [0.1, 0.15) is 18.3 Å². The summed E-state index contributed by atoms with van der Waals surface area (Å²) in [6.45, 7) is 0.641. The first-order chi connectivity index (χ1) is 5.34. The smallest absolute Gasteiger partial charge is 0.141 e. The number of methoxy groups -OCH3 is 1. The summed E-state index contributed by atoms with van der Waals surface area (Å²) in [4.78, 5) is 3.92. The van der Waals surface area contributed by atoms with Gasteiger partial charge in [-0.15, -0.1) is 0 Å². The highest BCUT2D eigenvalue weighted by Gasteiger charge is 2.07. The van der Waals surface area contributed by atoms with E-state index in [1.807, 2.05) is 0 Å². The molecule has 0 aromatic carbocycles. The third-order valence-corrected chi connectivity index (χ3v) is 1.42. The van der Waals surface area contributed by atoms with Gasteiger partial charge in [-0.05, 0) is 6.42 Å². The Morgan fingerprint density at radius 2 is 2.64 bits per heavy atom. The molecule has 1 rings (SSSR count). The third kappa shape index (κ3) is 2.28. The number of H-pyrrole nitrogens is 1. The predicted octanol–water partition coefficient (Wildman–Crippen LogP) is -0.159. The summed E-state index contributed by atoms with van der Waals surface area (Å²) in [5.74, 6) is 0.710. The molecule has 0 saturated heterocycles. The number of nitrogens with two attached hydrogens (primary N) is 1. The quantitative estimate of drug-likeness (QED) is 0.635. The SMILES string of the molecule is COCCC(N)c1ncn[nH]1. The van der Waals surface area contributed by atoms with Gasteiger partial charge in [-0.2, -0.15) is 5.10 Å². The van der Waals surface area contributed by atoms with Crippen LogP contribution in [0.15, 0.2) is 6.33 Å². The van der Waals surface area contributed by atoms with Gasteiger partial charge in [-0.3, -0.25) is 5.10 Å². The molecule has 1 heterocycles. The molecule has 0 saturated carbocycles. The summed E-state index contributed by atoms with van der Waals surface area (Å²) in [5.41, 5.74) is 5.71. The number of nitrogens with one attached hydrogen (secondary N) is 1. The van der Waals surface area contributed by atoms with Crippen molar-refractivity contribution in [2.75, 3.05) is 13.7 Å². The number of nitrogens with zero attached hydrogens (tertiary/aromatic N) is 2. The standard InChI is InChI=1S/C6H12N4O/c1-11-3-2-5(7)6-8-4-9-10-6/h4-5H,2-3,7H2,1H3,(H,8,9,10). The predicted molar refractivity (Wildman–Crippen MR) is 39.8 cm³/mol. The van der Waals surface area contributed by atoms with Crippen LogP contribution in [0, 0.1) is 0 Å². The minimum absolute atomic E-state index is 0.0996. The van der Waals surface area contributed by atoms with Gasteiger partial charge in [-0.1, -0.05) is 0 Å². The van der Waals surface area contributed by atoms with Crippen molar-refractivity contribution in [3.05, 3.63) is 12.2 Å². The zero-order chi connectivity index (χ0) is 8.10. The van der Waals surface area contributed by atoms with E-state index < -0.39 is 0 Å². The average Bonchev–Trinajstić information content (AvgIpc) is 2.52. The molecule has 5 heteroatoms. The maximum absolute atomic E-state index is 5.71. The fourth-order valence-corrected chi connectivity index (χ4v) is 0.775. The highest BCUT2D eigenvalue weighted by Crippen LogP contribution is 2.05. The minimum Gasteiger partial charge on any atom is -0.385 e. The molecule has 0 bridgehead atoms. The molecule has 0 fully saturated rings. The van der Waals surface area contributed by atoms with E-state index in [0.717, 1.165) is 6.42 Å². The van der Waals surface area contributed by atoms with Gasteiger partial charge in [0.05, 0.1) is 6.04 Å². The Balaban J connectivity index is 2.36. The average molecular weight is 156 g/mol. The zero-order valence-electron chi connectivity index (χ0n) is 6.45. The molecule has 0 radical (unpaired) electrons. The third-order valence-electron chi connectivity index (χ3n) is 1.42. The molecule has 0 aliphatic rings. The number of ether oxygens (including phenoxy) is 1. The Kier molecular flexibility index (Phi) is 3.00. The summed E-state index contributed by atoms with van der Waals surface area (Å²) in [5, 5.41) is 6.40. The second-order valence-electron chi connectivity index (χ2n) is 2.26. The second kappa shape index (κ2) is 4.05. The van der Waals surface area contributed by atoms with Gasteiger partial charge in [-0.25, -0.2) is 4.98 Å². The molecule has 0 spiro atoms. The number of aromatic nitrogens is 3. The van der Waals surface area contributed by atoms with E-state index in [4.69, 9.17) is 10.5 Å². The van der Waals surface area contributed by atoms with Crippen molar-refractivity contribution in [2.45, 2.75) is 12.5 Å². The highest BCUT2D eigenvalue weighted by molar-refractivity contribution is 4.88. The van der Waals surface area contributed by atoms with Gasteiger partial charge in [0.2, 0.25) is 0 Å². The molecular weight excluding hydrogens is 144 g/mol. The van der Waals surface area contributed by atoms with E-state index in [1.165, 1.54) is 6.33 Å². The zero-order valence-corrected chi connectivity index (χ0v) is 6.45. The fraction of sp³-hybridized carbons (Fsp3) is 0.667. The molecule has 3 N–H and O–H groups in total. The topological polar surface area (TPSA) is 76.8 Å². The number of aromatic amines is 1. The molecule has 0 amide bonds. The molecule has 1 unspecified atom stereocenters. The molecule has 0 aliphatic heterocycles. The largest absolute Gasteiger partial charge is 0.385 e. The molecule has 62 valence electrons. The lowest BCUT2D eigenvalue weighted by Crippen LogP contribution is -2.14. The van der Waals surface area contributed by atoms with Gasteiger partial charge >= 0.3 is 0 Å². The van der Waals surface area contributed by atoms with E-state index in [2.05, 4.69) is 15.2 Å². The maximum atomic E-state index is 5.71. The summed E-state index contributed by atoms with van der Waals surface area (Å²) in [6, 6.07) is -0.0996. The van der Waals surface area contributed by atoms with Crippen LogP contribution in [0.25, 0.3) is 0 Å². The van der Waals surface area contributed by atoms with Crippen molar-refractivity contribution in [3.8, 4) is 0 Å². The molecule has 0 aliphatic carbocycles. The van der Waals surface area contributed by atoms with Crippen molar-refractivity contribution in [2.24, 2.45) is 5.73 Å². The van der Waals surface area contributed by atoms with E-state index in [9.17, 15) is 0 Å². The molecule has 11 heavy (non-hydrogen) atoms. The highest BCUT2D eigenvalue weighted by atomic mass is 16.5. The Labute approximate surface area is 65.0 Å². The lowest BCUT2D eigenvalue weighted by atomic mass is 10.2. The van der Waals surface area contributed by atoms with Gasteiger partial charge in [0.15, 0.2) is 0 Å². The molecular formula is C6H12N4O. The van der Waals surface area contributed by atoms with Crippen LogP contribution in [0.4, 0.5) is 0 Å². The summed E-state index contributed by atoms with van der Waals surface area (Å²) < 4.78 is 4.87. The fourth-order valence-electron chi connectivity index (χ4n) is 0.775. The first-order valence-corrected chi connectivity index (χ1v) is 3.44. The van der Waals surface area contributed by atoms with Crippen LogP contribution in [0.5, 0.6) is 0 Å². The van der Waals surface area contributed by atoms with Crippen molar-refractivity contribution >= 4 is 0 Å². The maximum Gasteiger partial charge on any atom is 0.141 e. The van der Waals surface area contributed by atoms with Crippen LogP contribution < -0.4 is 5.73 Å². The van der Waals surface area contributed by atoms with Gasteiger partial charge in [0, 0.05) is 13.7 Å². The first kappa shape index (κ1) is 8.16. The van der Waals surface area contributed by atoms with Crippen LogP contribution >= 0.6 is 0 Å². The van der Waals surface area contributed by atoms with E-state index >= 15 is 0 Å². The number of hydrogen-bond donors (Lipinski definition) is 2. The lowest BCUT2D eigenvalue weighted by molar-refractivity contribution is 0.187. The van der Waals surface area contributed by atoms with E-state index in [0.29, 0.717) is 12.4 Å². The van der Waals surface area contributed by atoms with Crippen LogP contribution in [0.3, 0.4) is 0 Å². The number of rotatable bonds is 4. The van der Waals surface area contributed by atoms with Crippen molar-refractivity contribution in [1.82, 2.24) is 15.2 Å². The second-order valence-corrected chi connectivity index (χ2v) is 2.26. The van der Waals surface area contributed by atoms with Gasteiger partial charge in [0.25, 0.3) is 0 Å². The Morgan fingerprint density at radius 1 is 1.82 bits per heavy atom. The van der Waals surface area contributed by atoms with E-state index in [-0.39, 0.29) is 6.04 Å². The molecule has 1 aromatic rings. The Hall–Kier alpha value is -0.940. The molecule has 1 aromatic heterocycles. The first-order valence-electron chi connectivity index (χ1n) is 3.44. The van der Waals surface area contributed by atoms with Crippen LogP contribution in [-0.4, -0.2) is 28.9 Å². The van der Waals surface area contributed by atoms with Crippen LogP contribution in [-0.2, 0) is 4.74 Å². The Bertz CT molecular complexity index is 186. The van der Waals surface area contributed by atoms with Crippen molar-refractivity contribution < 1.29 is 4.74 Å². The monoisotopic (exact) mass is 156 g/mol. The van der Waals surface area contributed by atoms with Crippen molar-refractivity contribution in [1.29, 1.82) is 0 Å². The summed E-state index contributed by atoms with van der Waals surface area (Å²) in [7, 11) is 1.65. The summed E-state index contributed by atoms with van der Waals surface area (Å²) >= 11 is 0. The van der Waals surface area contributed by atoms with Crippen molar-refractivity contribution in [3.63, 3.8) is 0 Å². The van der Waals surface area contributed by atoms with Crippen LogP contribution in [0.2, 0.25) is 0 Å². The lowest BCUT2D eigenvalue weighted by Gasteiger charge is -2.05. The van der Waals surface area contributed by atoms with Gasteiger partial charge < -0.3 is 10.5 Å². The van der Waals surface area contributed by atoms with Gasteiger partial charge in [0.1, 0.15) is 12.2 Å². The number of hydrogen-bond acceptors (Lipinski definition) is 4. The normalized spacial score (nSPS) is 13.3.